The van der Waals surface area contributed by atoms with Gasteiger partial charge in [-0.2, -0.15) is 0 Å². The number of thiophene rings is 1. The van der Waals surface area contributed by atoms with E-state index in [4.69, 9.17) is 28.3 Å². The van der Waals surface area contributed by atoms with Gasteiger partial charge in [-0.15, -0.1) is 11.3 Å². The Balaban J connectivity index is 2.04. The third-order valence-electron chi connectivity index (χ3n) is 2.92. The molecule has 0 bridgehead atoms. The van der Waals surface area contributed by atoms with Crippen molar-refractivity contribution in [1.29, 1.82) is 0 Å². The van der Waals surface area contributed by atoms with Crippen molar-refractivity contribution < 1.29 is 9.90 Å². The van der Waals surface area contributed by atoms with E-state index in [0.717, 1.165) is 29.3 Å². The molecular weight excluding hydrogens is 317 g/mol. The Labute approximate surface area is 131 Å². The number of benzene rings is 1. The predicted octanol–water partition coefficient (Wildman–Crippen LogP) is 4.10. The first kappa shape index (κ1) is 15.6. The highest BCUT2D eigenvalue weighted by Gasteiger charge is 2.16. The van der Waals surface area contributed by atoms with Gasteiger partial charge in [0.05, 0.1) is 5.02 Å². The third-order valence-corrected chi connectivity index (χ3v) is 4.81. The summed E-state index contributed by atoms with van der Waals surface area (Å²) in [5, 5.41) is 13.5. The van der Waals surface area contributed by atoms with Crippen molar-refractivity contribution in [2.24, 2.45) is 0 Å². The molecule has 1 aromatic carbocycles. The second-order valence-electron chi connectivity index (χ2n) is 4.43. The van der Waals surface area contributed by atoms with Crippen molar-refractivity contribution in [3.05, 3.63) is 33.1 Å². The molecule has 0 saturated heterocycles. The summed E-state index contributed by atoms with van der Waals surface area (Å²) >= 11 is 13.5. The molecule has 0 unspecified atom stereocenters. The lowest BCUT2D eigenvalue weighted by atomic mass is 10.2. The molecule has 0 fully saturated rings. The van der Waals surface area contributed by atoms with Gasteiger partial charge in [0.15, 0.2) is 0 Å². The second-order valence-corrected chi connectivity index (χ2v) is 6.29. The van der Waals surface area contributed by atoms with E-state index in [0.29, 0.717) is 21.5 Å². The number of aliphatic hydroxyl groups excluding tert-OH is 1. The maximum Gasteiger partial charge on any atom is 0.262 e. The number of amides is 1. The normalized spacial score (nSPS) is 10.9. The van der Waals surface area contributed by atoms with Gasteiger partial charge in [0.1, 0.15) is 4.88 Å². The van der Waals surface area contributed by atoms with Crippen LogP contribution in [0.4, 0.5) is 0 Å². The zero-order valence-electron chi connectivity index (χ0n) is 10.8. The Morgan fingerprint density at radius 3 is 2.80 bits per heavy atom. The largest absolute Gasteiger partial charge is 0.396 e. The molecular formula is C14H15Cl2NO2S. The van der Waals surface area contributed by atoms with Crippen LogP contribution < -0.4 is 5.32 Å². The molecule has 0 spiro atoms. The van der Waals surface area contributed by atoms with E-state index in [-0.39, 0.29) is 12.5 Å². The molecule has 0 radical (unpaired) electrons. The highest BCUT2D eigenvalue weighted by atomic mass is 35.5. The van der Waals surface area contributed by atoms with E-state index in [2.05, 4.69) is 5.32 Å². The van der Waals surface area contributed by atoms with Gasteiger partial charge < -0.3 is 10.4 Å². The molecule has 0 aliphatic rings. The maximum atomic E-state index is 12.1. The molecule has 108 valence electrons. The van der Waals surface area contributed by atoms with Gasteiger partial charge in [-0.1, -0.05) is 29.3 Å². The minimum atomic E-state index is -0.156. The highest BCUT2D eigenvalue weighted by molar-refractivity contribution is 7.21. The molecule has 0 saturated carbocycles. The van der Waals surface area contributed by atoms with Gasteiger partial charge in [0.2, 0.25) is 0 Å². The fraction of sp³-hybridized carbons (Fsp3) is 0.357. The highest BCUT2D eigenvalue weighted by Crippen LogP contribution is 2.36. The lowest BCUT2D eigenvalue weighted by Gasteiger charge is -2.03. The molecule has 0 atom stereocenters. The summed E-state index contributed by atoms with van der Waals surface area (Å²) < 4.78 is 0.910. The zero-order valence-corrected chi connectivity index (χ0v) is 13.1. The fourth-order valence-corrected chi connectivity index (χ4v) is 3.59. The predicted molar refractivity (Wildman–Crippen MR) is 85.1 cm³/mol. The van der Waals surface area contributed by atoms with Crippen molar-refractivity contribution in [1.82, 2.24) is 5.32 Å². The molecule has 1 amide bonds. The Kier molecular flexibility index (Phi) is 5.66. The molecule has 0 aliphatic heterocycles. The second kappa shape index (κ2) is 7.27. The topological polar surface area (TPSA) is 49.3 Å². The summed E-state index contributed by atoms with van der Waals surface area (Å²) in [6, 6.07) is 5.40. The number of carbonyl (C=O) groups is 1. The van der Waals surface area contributed by atoms with Crippen molar-refractivity contribution in [2.75, 3.05) is 13.2 Å². The lowest BCUT2D eigenvalue weighted by Crippen LogP contribution is -2.23. The van der Waals surface area contributed by atoms with Crippen molar-refractivity contribution in [3.8, 4) is 0 Å². The zero-order chi connectivity index (χ0) is 14.5. The molecule has 3 nitrogen and oxygen atoms in total. The summed E-state index contributed by atoms with van der Waals surface area (Å²) in [4.78, 5) is 12.6. The molecule has 2 rings (SSSR count). The van der Waals surface area contributed by atoms with E-state index in [1.54, 1.807) is 6.07 Å². The minimum absolute atomic E-state index is 0.156. The standard InChI is InChI=1S/C14H15Cl2NO2S/c15-9-4-5-10-11(8-9)20-13(12(10)16)14(19)17-6-2-1-3-7-18/h4-5,8,18H,1-3,6-7H2,(H,17,19). The van der Waals surface area contributed by atoms with E-state index < -0.39 is 0 Å². The number of hydrogen-bond acceptors (Lipinski definition) is 3. The number of halogens is 2. The first-order chi connectivity index (χ1) is 9.63. The van der Waals surface area contributed by atoms with Crippen LogP contribution in [0, 0.1) is 0 Å². The first-order valence-corrected chi connectivity index (χ1v) is 7.97. The molecule has 0 aliphatic carbocycles. The lowest BCUT2D eigenvalue weighted by molar-refractivity contribution is 0.0957. The number of unbranched alkanes of at least 4 members (excludes halogenated alkanes) is 2. The van der Waals surface area contributed by atoms with Crippen LogP contribution in [-0.2, 0) is 0 Å². The Hall–Kier alpha value is -0.810. The van der Waals surface area contributed by atoms with Crippen molar-refractivity contribution in [2.45, 2.75) is 19.3 Å². The van der Waals surface area contributed by atoms with Crippen LogP contribution in [0.3, 0.4) is 0 Å². The Morgan fingerprint density at radius 2 is 2.05 bits per heavy atom. The summed E-state index contributed by atoms with van der Waals surface area (Å²) in [5.41, 5.74) is 0. The maximum absolute atomic E-state index is 12.1. The van der Waals surface area contributed by atoms with Gasteiger partial charge >= 0.3 is 0 Å². The van der Waals surface area contributed by atoms with E-state index in [1.807, 2.05) is 12.1 Å². The Bertz CT molecular complexity index is 612. The first-order valence-electron chi connectivity index (χ1n) is 6.40. The molecule has 2 aromatic rings. The molecule has 6 heteroatoms. The number of carbonyl (C=O) groups excluding carboxylic acids is 1. The third kappa shape index (κ3) is 3.64. The summed E-state index contributed by atoms with van der Waals surface area (Å²) in [6.07, 6.45) is 2.51. The van der Waals surface area contributed by atoms with Crippen molar-refractivity contribution >= 4 is 50.5 Å². The van der Waals surface area contributed by atoms with Crippen LogP contribution in [-0.4, -0.2) is 24.2 Å². The SMILES string of the molecule is O=C(NCCCCCO)c1sc2cc(Cl)ccc2c1Cl. The van der Waals surface area contributed by atoms with E-state index in [1.165, 1.54) is 11.3 Å². The van der Waals surface area contributed by atoms with Crippen LogP contribution >= 0.6 is 34.5 Å². The number of fused-ring (bicyclic) bond motifs is 1. The van der Waals surface area contributed by atoms with Gasteiger partial charge in [0.25, 0.3) is 5.91 Å². The minimum Gasteiger partial charge on any atom is -0.396 e. The van der Waals surface area contributed by atoms with Gasteiger partial charge in [-0.3, -0.25) is 4.79 Å². The molecule has 1 aromatic heterocycles. The van der Waals surface area contributed by atoms with Crippen LogP contribution in [0.5, 0.6) is 0 Å². The molecule has 2 N–H and O–H groups in total. The van der Waals surface area contributed by atoms with Gasteiger partial charge in [0, 0.05) is 28.3 Å². The van der Waals surface area contributed by atoms with Crippen molar-refractivity contribution in [3.63, 3.8) is 0 Å². The van der Waals surface area contributed by atoms with Crippen LogP contribution in [0.1, 0.15) is 28.9 Å². The van der Waals surface area contributed by atoms with Crippen LogP contribution in [0.2, 0.25) is 10.0 Å². The fourth-order valence-electron chi connectivity index (χ4n) is 1.88. The quantitative estimate of drug-likeness (QED) is 0.783. The summed E-state index contributed by atoms with van der Waals surface area (Å²) in [7, 11) is 0. The average Bonchev–Trinajstić information content (AvgIpc) is 2.75. The number of rotatable bonds is 6. The summed E-state index contributed by atoms with van der Waals surface area (Å²) in [5.74, 6) is -0.156. The number of hydrogen-bond donors (Lipinski definition) is 2. The number of nitrogens with one attached hydrogen (secondary N) is 1. The Morgan fingerprint density at radius 1 is 1.25 bits per heavy atom. The van der Waals surface area contributed by atoms with Gasteiger partial charge in [-0.05, 0) is 31.4 Å². The smallest absolute Gasteiger partial charge is 0.262 e. The average molecular weight is 332 g/mol. The van der Waals surface area contributed by atoms with Crippen LogP contribution in [0.15, 0.2) is 18.2 Å². The number of aliphatic hydroxyl groups is 1. The molecule has 1 heterocycles. The summed E-state index contributed by atoms with van der Waals surface area (Å²) in [6.45, 7) is 0.779. The van der Waals surface area contributed by atoms with E-state index >= 15 is 0 Å². The van der Waals surface area contributed by atoms with E-state index in [9.17, 15) is 4.79 Å². The van der Waals surface area contributed by atoms with Crippen LogP contribution in [0.25, 0.3) is 10.1 Å². The molecule has 20 heavy (non-hydrogen) atoms. The monoisotopic (exact) mass is 331 g/mol. The van der Waals surface area contributed by atoms with Gasteiger partial charge in [-0.25, -0.2) is 0 Å².